The molecule has 0 radical (unpaired) electrons. The average molecular weight is 321 g/mol. The Morgan fingerprint density at radius 1 is 1.10 bits per heavy atom. The summed E-state index contributed by atoms with van der Waals surface area (Å²) in [5.74, 6) is 0.0790. The van der Waals surface area contributed by atoms with Gasteiger partial charge in [0, 0.05) is 7.05 Å². The topological polar surface area (TPSA) is 83.4 Å². The van der Waals surface area contributed by atoms with Gasteiger partial charge in [0.15, 0.2) is 0 Å². The molecule has 1 aromatic heterocycles. The van der Waals surface area contributed by atoms with Crippen molar-refractivity contribution in [3.8, 4) is 5.75 Å². The van der Waals surface area contributed by atoms with Crippen molar-refractivity contribution in [2.24, 2.45) is 0 Å². The second-order valence-electron chi connectivity index (χ2n) is 4.38. The number of rotatable bonds is 3. The Bertz CT molecular complexity index is 888. The fourth-order valence-electron chi connectivity index (χ4n) is 1.94. The molecule has 0 aliphatic carbocycles. The van der Waals surface area contributed by atoms with Crippen LogP contribution in [0.2, 0.25) is 0 Å². The minimum atomic E-state index is -3.75. The van der Waals surface area contributed by atoms with E-state index in [-0.39, 0.29) is 10.6 Å². The van der Waals surface area contributed by atoms with E-state index < -0.39 is 10.0 Å². The largest absolute Gasteiger partial charge is 0.508 e. The van der Waals surface area contributed by atoms with E-state index >= 15 is 0 Å². The van der Waals surface area contributed by atoms with Gasteiger partial charge < -0.3 is 5.11 Å². The number of sulfonamides is 1. The Morgan fingerprint density at radius 3 is 2.52 bits per heavy atom. The Kier molecular flexibility index (Phi) is 3.26. The number of hydrogen-bond donors (Lipinski definition) is 1. The van der Waals surface area contributed by atoms with Gasteiger partial charge >= 0.3 is 0 Å². The number of fused-ring (bicyclic) bond motifs is 1. The molecule has 1 heterocycles. The maximum absolute atomic E-state index is 12.7. The zero-order valence-corrected chi connectivity index (χ0v) is 12.6. The van der Waals surface area contributed by atoms with Gasteiger partial charge in [-0.15, -0.1) is 0 Å². The van der Waals surface area contributed by atoms with Crippen LogP contribution in [-0.4, -0.2) is 29.3 Å². The third-order valence-electron chi connectivity index (χ3n) is 3.10. The minimum Gasteiger partial charge on any atom is -0.508 e. The lowest BCUT2D eigenvalue weighted by atomic mass is 10.3. The van der Waals surface area contributed by atoms with E-state index in [4.69, 9.17) is 0 Å². The molecule has 0 spiro atoms. The molecule has 3 rings (SSSR count). The number of phenols is 1. The summed E-state index contributed by atoms with van der Waals surface area (Å²) in [5, 5.41) is 9.29. The molecular formula is C13H11N3O3S2. The SMILES string of the molecule is CN(c1ccc(O)cc1)S(=O)(=O)c1cccc2nsnc12. The van der Waals surface area contributed by atoms with E-state index in [1.165, 1.54) is 37.4 Å². The van der Waals surface area contributed by atoms with Crippen molar-refractivity contribution in [1.82, 2.24) is 8.75 Å². The predicted octanol–water partition coefficient (Wildman–Crippen LogP) is 2.22. The van der Waals surface area contributed by atoms with Gasteiger partial charge in [-0.2, -0.15) is 8.75 Å². The van der Waals surface area contributed by atoms with Gasteiger partial charge in [-0.05, 0) is 36.4 Å². The van der Waals surface area contributed by atoms with Crippen LogP contribution in [0.5, 0.6) is 5.75 Å². The molecule has 0 bridgehead atoms. The van der Waals surface area contributed by atoms with Crippen LogP contribution in [0.3, 0.4) is 0 Å². The molecular weight excluding hydrogens is 310 g/mol. The van der Waals surface area contributed by atoms with Crippen LogP contribution in [0, 0.1) is 0 Å². The third-order valence-corrected chi connectivity index (χ3v) is 5.46. The molecule has 0 unspecified atom stereocenters. The van der Waals surface area contributed by atoms with Crippen LogP contribution in [0.25, 0.3) is 11.0 Å². The van der Waals surface area contributed by atoms with Crippen LogP contribution in [0.15, 0.2) is 47.4 Å². The van der Waals surface area contributed by atoms with E-state index in [0.29, 0.717) is 16.7 Å². The van der Waals surface area contributed by atoms with Gasteiger partial charge in [0.1, 0.15) is 21.7 Å². The number of hydrogen-bond acceptors (Lipinski definition) is 6. The number of phenolic OH excluding ortho intramolecular Hbond substituents is 1. The van der Waals surface area contributed by atoms with Crippen molar-refractivity contribution in [3.63, 3.8) is 0 Å². The summed E-state index contributed by atoms with van der Waals surface area (Å²) in [6, 6.07) is 10.8. The molecule has 1 N–H and O–H groups in total. The van der Waals surface area contributed by atoms with Crippen molar-refractivity contribution in [3.05, 3.63) is 42.5 Å². The van der Waals surface area contributed by atoms with Crippen LogP contribution in [0.4, 0.5) is 5.69 Å². The van der Waals surface area contributed by atoms with E-state index in [1.807, 2.05) is 0 Å². The first-order chi connectivity index (χ1) is 10.00. The van der Waals surface area contributed by atoms with Crippen LogP contribution < -0.4 is 4.31 Å². The molecule has 0 atom stereocenters. The second-order valence-corrected chi connectivity index (χ2v) is 6.84. The Balaban J connectivity index is 2.11. The first-order valence-corrected chi connectivity index (χ1v) is 8.16. The van der Waals surface area contributed by atoms with Gasteiger partial charge in [0.2, 0.25) is 0 Å². The smallest absolute Gasteiger partial charge is 0.266 e. The van der Waals surface area contributed by atoms with Crippen LogP contribution >= 0.6 is 11.7 Å². The normalized spacial score (nSPS) is 11.7. The third kappa shape index (κ3) is 2.32. The summed E-state index contributed by atoms with van der Waals surface area (Å²) in [6.45, 7) is 0. The molecule has 0 amide bonds. The monoisotopic (exact) mass is 321 g/mol. The maximum atomic E-state index is 12.7. The first kappa shape index (κ1) is 13.8. The number of anilines is 1. The van der Waals surface area contributed by atoms with Crippen molar-refractivity contribution in [2.45, 2.75) is 4.90 Å². The van der Waals surface area contributed by atoms with E-state index in [1.54, 1.807) is 12.1 Å². The lowest BCUT2D eigenvalue weighted by molar-refractivity contribution is 0.475. The van der Waals surface area contributed by atoms with Gasteiger partial charge in [-0.1, -0.05) is 6.07 Å². The van der Waals surface area contributed by atoms with Crippen molar-refractivity contribution in [2.75, 3.05) is 11.4 Å². The summed E-state index contributed by atoms with van der Waals surface area (Å²) < 4.78 is 34.7. The first-order valence-electron chi connectivity index (χ1n) is 5.99. The number of nitrogens with zero attached hydrogens (tertiary/aromatic N) is 3. The van der Waals surface area contributed by atoms with Crippen LogP contribution in [-0.2, 0) is 10.0 Å². The Labute approximate surface area is 125 Å². The standard InChI is InChI=1S/C13H11N3O3S2/c1-16(9-5-7-10(17)8-6-9)21(18,19)12-4-2-3-11-13(12)15-20-14-11/h2-8,17H,1H3. The van der Waals surface area contributed by atoms with Gasteiger partial charge in [0.05, 0.1) is 17.4 Å². The molecule has 0 fully saturated rings. The summed E-state index contributed by atoms with van der Waals surface area (Å²) in [4.78, 5) is 0.115. The number of benzene rings is 2. The Morgan fingerprint density at radius 2 is 1.81 bits per heavy atom. The Hall–Kier alpha value is -2.19. The number of aromatic nitrogens is 2. The predicted molar refractivity (Wildman–Crippen MR) is 81.1 cm³/mol. The summed E-state index contributed by atoms with van der Waals surface area (Å²) in [5.41, 5.74) is 1.38. The molecule has 2 aromatic carbocycles. The molecule has 0 saturated heterocycles. The highest BCUT2D eigenvalue weighted by molar-refractivity contribution is 7.93. The second kappa shape index (κ2) is 4.97. The van der Waals surface area contributed by atoms with E-state index in [9.17, 15) is 13.5 Å². The fourth-order valence-corrected chi connectivity index (χ4v) is 3.89. The highest BCUT2D eigenvalue weighted by Gasteiger charge is 2.25. The molecule has 6 nitrogen and oxygen atoms in total. The number of aromatic hydroxyl groups is 1. The highest BCUT2D eigenvalue weighted by atomic mass is 32.2. The molecule has 108 valence electrons. The van der Waals surface area contributed by atoms with Gasteiger partial charge in [0.25, 0.3) is 10.0 Å². The molecule has 3 aromatic rings. The average Bonchev–Trinajstić information content (AvgIpc) is 2.95. The van der Waals surface area contributed by atoms with Crippen LogP contribution in [0.1, 0.15) is 0 Å². The van der Waals surface area contributed by atoms with Gasteiger partial charge in [-0.25, -0.2) is 8.42 Å². The lowest BCUT2D eigenvalue weighted by Gasteiger charge is -2.19. The molecule has 0 aliphatic rings. The molecule has 0 saturated carbocycles. The molecule has 21 heavy (non-hydrogen) atoms. The molecule has 0 aliphatic heterocycles. The summed E-state index contributed by atoms with van der Waals surface area (Å²) >= 11 is 0.977. The zero-order valence-electron chi connectivity index (χ0n) is 11.0. The lowest BCUT2D eigenvalue weighted by Crippen LogP contribution is -2.26. The van der Waals surface area contributed by atoms with E-state index in [2.05, 4.69) is 8.75 Å². The summed E-state index contributed by atoms with van der Waals surface area (Å²) in [6.07, 6.45) is 0. The highest BCUT2D eigenvalue weighted by Crippen LogP contribution is 2.27. The maximum Gasteiger partial charge on any atom is 0.266 e. The fraction of sp³-hybridized carbons (Fsp3) is 0.0769. The zero-order chi connectivity index (χ0) is 15.0. The minimum absolute atomic E-state index is 0.0790. The van der Waals surface area contributed by atoms with Gasteiger partial charge in [-0.3, -0.25) is 4.31 Å². The summed E-state index contributed by atoms with van der Waals surface area (Å²) in [7, 11) is -2.29. The van der Waals surface area contributed by atoms with Crippen molar-refractivity contribution >= 4 is 38.5 Å². The van der Waals surface area contributed by atoms with Crippen molar-refractivity contribution < 1.29 is 13.5 Å². The van der Waals surface area contributed by atoms with Crippen molar-refractivity contribution in [1.29, 1.82) is 0 Å². The molecule has 8 heteroatoms. The quantitative estimate of drug-likeness (QED) is 0.799. The van der Waals surface area contributed by atoms with E-state index in [0.717, 1.165) is 16.0 Å².